The molecule has 0 atom stereocenters. The number of hydrogen-bond acceptors (Lipinski definition) is 16. The molecular formula is C68H36Cl12N8O10Zn. The number of hydrogen-bond donors (Lipinski definition) is 0. The quantitative estimate of drug-likeness (QED) is 0.0693. The molecule has 12 aromatic rings. The van der Waals surface area contributed by atoms with Gasteiger partial charge in [0.1, 0.15) is 25.8 Å². The maximum atomic E-state index is 7.68. The molecule has 0 N–H and O–H groups in total. The second kappa shape index (κ2) is 28.1. The fourth-order valence-corrected chi connectivity index (χ4v) is 14.5. The van der Waals surface area contributed by atoms with Gasteiger partial charge >= 0.3 is 19.5 Å². The van der Waals surface area contributed by atoms with Crippen LogP contribution in [-0.2, 0) is 19.5 Å². The van der Waals surface area contributed by atoms with Gasteiger partial charge in [0.2, 0.25) is 17.2 Å². The van der Waals surface area contributed by atoms with E-state index in [2.05, 4.69) is 0 Å². The van der Waals surface area contributed by atoms with Crippen LogP contribution in [0.15, 0.2) is 109 Å². The van der Waals surface area contributed by atoms with E-state index in [0.29, 0.717) is 11.3 Å². The normalized spacial score (nSPS) is 11.5. The summed E-state index contributed by atoms with van der Waals surface area (Å²) in [5.74, 6) is 0.360. The molecule has 0 amide bonds. The molecule has 0 spiro atoms. The SMILES string of the molecule is COc1cccc(OC)c1Oc1c(Cl)c(Cl)c2c(c1Cl)-c1nc-2nc2[n-]c(nc3nc(nc4[n-]c(n1)c1c(Cl)c(Cl)c(Oc5c(OC)cccc5OC)c(Cl)c41)-c1c(Cl)c(Cl)c(Oc4ccccc4-c4ccccc4)c(Cl)c1-3)c1c(Cl)c(Oc3c(OC)cccc3OC)c(Cl)c(Cl)c21.[Zn+2]. The minimum absolute atomic E-state index is 0. The summed E-state index contributed by atoms with van der Waals surface area (Å²) in [6, 6.07) is 31.6. The zero-order valence-corrected chi connectivity index (χ0v) is 63.3. The third-order valence-corrected chi connectivity index (χ3v) is 20.3. The average molecular weight is 1620 g/mol. The van der Waals surface area contributed by atoms with E-state index in [0.717, 1.165) is 5.56 Å². The summed E-state index contributed by atoms with van der Waals surface area (Å²) in [7, 11) is 8.62. The van der Waals surface area contributed by atoms with Gasteiger partial charge in [-0.05, 0) is 48.0 Å². The van der Waals surface area contributed by atoms with Crippen molar-refractivity contribution in [3.63, 3.8) is 0 Å². The van der Waals surface area contributed by atoms with Crippen molar-refractivity contribution in [2.75, 3.05) is 42.7 Å². The van der Waals surface area contributed by atoms with Crippen molar-refractivity contribution in [3.05, 3.63) is 169 Å². The summed E-state index contributed by atoms with van der Waals surface area (Å²) in [5.41, 5.74) is 0.606. The topological polar surface area (TPSA) is 198 Å². The molecule has 0 radical (unpaired) electrons. The first-order valence-corrected chi connectivity index (χ1v) is 32.9. The number of ether oxygens (including phenoxy) is 10. The monoisotopic (exact) mass is 1610 g/mol. The third kappa shape index (κ3) is 11.7. The van der Waals surface area contributed by atoms with E-state index < -0.39 is 0 Å². The van der Waals surface area contributed by atoms with Gasteiger partial charge in [0, 0.05) is 72.0 Å². The first-order chi connectivity index (χ1) is 47.3. The summed E-state index contributed by atoms with van der Waals surface area (Å²) >= 11 is 89.7. The molecule has 494 valence electrons. The van der Waals surface area contributed by atoms with Gasteiger partial charge in [-0.15, -0.1) is 0 Å². The van der Waals surface area contributed by atoms with Gasteiger partial charge in [-0.25, -0.2) is 9.97 Å². The van der Waals surface area contributed by atoms with Crippen molar-refractivity contribution in [2.45, 2.75) is 0 Å². The van der Waals surface area contributed by atoms with Crippen LogP contribution >= 0.6 is 139 Å². The van der Waals surface area contributed by atoms with Crippen LogP contribution in [0.3, 0.4) is 0 Å². The van der Waals surface area contributed by atoms with Crippen LogP contribution in [0.25, 0.3) is 101 Å². The Morgan fingerprint density at radius 2 is 0.525 bits per heavy atom. The van der Waals surface area contributed by atoms with Gasteiger partial charge in [-0.2, -0.15) is 0 Å². The molecular weight excluding hydrogens is 1580 g/mol. The zero-order valence-electron chi connectivity index (χ0n) is 51.3. The van der Waals surface area contributed by atoms with Gasteiger partial charge in [-0.3, -0.25) is 0 Å². The molecule has 0 saturated carbocycles. The summed E-state index contributed by atoms with van der Waals surface area (Å²) in [6.07, 6.45) is 0. The largest absolute Gasteiger partial charge is 2.00 e. The predicted molar refractivity (Wildman–Crippen MR) is 385 cm³/mol. The van der Waals surface area contributed by atoms with Gasteiger partial charge in [0.15, 0.2) is 57.5 Å². The summed E-state index contributed by atoms with van der Waals surface area (Å²) in [6.45, 7) is 0. The molecule has 2 aliphatic heterocycles. The van der Waals surface area contributed by atoms with Crippen molar-refractivity contribution in [2.24, 2.45) is 0 Å². The van der Waals surface area contributed by atoms with E-state index in [4.69, 9.17) is 226 Å². The Balaban J connectivity index is 0.00000880. The van der Waals surface area contributed by atoms with Crippen molar-refractivity contribution < 1.29 is 66.8 Å². The first-order valence-electron chi connectivity index (χ1n) is 28.4. The molecule has 9 aromatic carbocycles. The number of rotatable bonds is 15. The summed E-state index contributed by atoms with van der Waals surface area (Å²) < 4.78 is 60.6. The second-order valence-electron chi connectivity index (χ2n) is 20.8. The van der Waals surface area contributed by atoms with E-state index in [9.17, 15) is 0 Å². The van der Waals surface area contributed by atoms with Crippen molar-refractivity contribution in [1.29, 1.82) is 0 Å². The number of benzene rings is 9. The number of halogens is 12. The van der Waals surface area contributed by atoms with Crippen LogP contribution in [0.5, 0.6) is 80.5 Å². The Morgan fingerprint density at radius 3 is 0.869 bits per heavy atom. The molecule has 5 heterocycles. The molecule has 31 heteroatoms. The molecule has 18 nitrogen and oxygen atoms in total. The Morgan fingerprint density at radius 1 is 0.253 bits per heavy atom. The van der Waals surface area contributed by atoms with Crippen LogP contribution in [0.4, 0.5) is 0 Å². The predicted octanol–water partition coefficient (Wildman–Crippen LogP) is 22.9. The summed E-state index contributed by atoms with van der Waals surface area (Å²) in [4.78, 5) is 40.6. The van der Waals surface area contributed by atoms with Gasteiger partial charge < -0.3 is 77.3 Å². The summed E-state index contributed by atoms with van der Waals surface area (Å²) in [5, 5.41) is -2.40. The van der Waals surface area contributed by atoms with E-state index in [-0.39, 0.29) is 244 Å². The zero-order chi connectivity index (χ0) is 68.9. The van der Waals surface area contributed by atoms with Crippen LogP contribution < -0.4 is 57.3 Å². The number of aromatic nitrogens is 8. The molecule has 0 aliphatic carbocycles. The number of nitrogens with zero attached hydrogens (tertiary/aromatic N) is 8. The minimum Gasteiger partial charge on any atom is -0.493 e. The number of fused-ring (bicyclic) bond motifs is 20. The fraction of sp³-hybridized carbons (Fsp3) is 0.0882. The first kappa shape index (κ1) is 69.9. The van der Waals surface area contributed by atoms with Gasteiger partial charge in [0.25, 0.3) is 0 Å². The Labute approximate surface area is 633 Å². The van der Waals surface area contributed by atoms with E-state index >= 15 is 0 Å². The molecule has 0 fully saturated rings. The number of methoxy groups -OCH3 is 6. The maximum Gasteiger partial charge on any atom is 2.00 e. The van der Waals surface area contributed by atoms with E-state index in [1.54, 1.807) is 66.7 Å². The van der Waals surface area contributed by atoms with E-state index in [1.807, 2.05) is 42.5 Å². The van der Waals surface area contributed by atoms with Crippen LogP contribution in [0.1, 0.15) is 0 Å². The minimum atomic E-state index is -0.230. The smallest absolute Gasteiger partial charge is 0.493 e. The average Bonchev–Trinajstić information content (AvgIpc) is 1.59. The van der Waals surface area contributed by atoms with Crippen molar-refractivity contribution in [3.8, 4) is 137 Å². The van der Waals surface area contributed by atoms with Crippen LogP contribution in [0, 0.1) is 0 Å². The molecule has 8 bridgehead atoms. The molecule has 0 unspecified atom stereocenters. The molecule has 2 aliphatic rings. The Kier molecular flexibility index (Phi) is 19.8. The van der Waals surface area contributed by atoms with Crippen molar-refractivity contribution >= 4 is 183 Å². The molecule has 0 saturated heterocycles. The van der Waals surface area contributed by atoms with Gasteiger partial charge in [0.05, 0.1) is 106 Å². The molecule has 14 rings (SSSR count). The molecule has 3 aromatic heterocycles. The Bertz CT molecular complexity index is 5510. The number of para-hydroxylation sites is 4. The van der Waals surface area contributed by atoms with E-state index in [1.165, 1.54) is 42.7 Å². The third-order valence-electron chi connectivity index (χ3n) is 15.5. The molecule has 99 heavy (non-hydrogen) atoms. The van der Waals surface area contributed by atoms with Gasteiger partial charge in [-0.1, -0.05) is 206 Å². The van der Waals surface area contributed by atoms with Crippen LogP contribution in [-0.4, -0.2) is 72.6 Å². The second-order valence-corrected chi connectivity index (χ2v) is 25.3. The maximum absolute atomic E-state index is 7.68. The Hall–Kier alpha value is -7.56. The van der Waals surface area contributed by atoms with Crippen molar-refractivity contribution in [1.82, 2.24) is 39.9 Å². The van der Waals surface area contributed by atoms with Crippen LogP contribution in [0.2, 0.25) is 60.3 Å². The fourth-order valence-electron chi connectivity index (χ4n) is 11.1. The standard InChI is InChI=1S/C68H36Cl12N8O10.Zn/c1-89-28-19-12-20-29(90-2)54(28)96-58-47(74)39-35(43(70)51(58)78)61-81-62-36-41(49(76)60(52(79)44(36)71)98-56-32(93-5)23-14-24-33(56)94-6)68(83-62)88-65-38-34(42(69)50(77)57(46(38)73)95-27-18-11-10-17-26(27)25-15-8-7-9-16-25)63(84-65)85-67-40-37(64(87-67)86-66(39)82-61)45(72)53(80)59(48(40)75)97-55-30(91-3)21-13-22-31(55)92-4;/h7-24H,1-6H3;/q-2;+2.